The van der Waals surface area contributed by atoms with Gasteiger partial charge in [-0.1, -0.05) is 29.8 Å². The normalized spacial score (nSPS) is 13.6. The number of rotatable bonds is 2. The van der Waals surface area contributed by atoms with Gasteiger partial charge in [0.1, 0.15) is 6.33 Å². The lowest BCUT2D eigenvalue weighted by Crippen LogP contribution is -2.29. The smallest absolute Gasteiger partial charge is 0.219 e. The first-order valence-electron chi connectivity index (χ1n) is 4.77. The third-order valence-electron chi connectivity index (χ3n) is 2.28. The molecule has 3 nitrogen and oxygen atoms in total. The lowest BCUT2D eigenvalue weighted by molar-refractivity contribution is -0.159. The third-order valence-corrected chi connectivity index (χ3v) is 2.90. The van der Waals surface area contributed by atoms with Crippen molar-refractivity contribution < 1.29 is 13.2 Å². The van der Waals surface area contributed by atoms with Crippen molar-refractivity contribution in [3.63, 3.8) is 0 Å². The first-order chi connectivity index (χ1) is 8.41. The quantitative estimate of drug-likeness (QED) is 0.845. The van der Waals surface area contributed by atoms with E-state index in [0.29, 0.717) is 4.68 Å². The number of benzene rings is 1. The molecule has 0 aliphatic carbocycles. The summed E-state index contributed by atoms with van der Waals surface area (Å²) in [7, 11) is 0. The fraction of sp³-hybridized carbons (Fsp3) is 0.200. The largest absolute Gasteiger partial charge is 0.415 e. The molecule has 1 aromatic carbocycles. The molecule has 1 heterocycles. The molecule has 0 N–H and O–H groups in total. The zero-order chi connectivity index (χ0) is 13.3. The maximum absolute atomic E-state index is 13.1. The molecule has 1 aromatic heterocycles. The summed E-state index contributed by atoms with van der Waals surface area (Å²) in [6.45, 7) is 0. The van der Waals surface area contributed by atoms with Crippen molar-refractivity contribution in [1.29, 1.82) is 0 Å². The minimum absolute atomic E-state index is 0.00797. The highest BCUT2D eigenvalue weighted by atomic mass is 35.5. The average Bonchev–Trinajstić information content (AvgIpc) is 2.66. The molecule has 8 heteroatoms. The van der Waals surface area contributed by atoms with Crippen LogP contribution in [0.1, 0.15) is 11.6 Å². The number of nitrogens with zero attached hydrogens (tertiary/aromatic N) is 3. The van der Waals surface area contributed by atoms with Gasteiger partial charge in [-0.25, -0.2) is 9.67 Å². The van der Waals surface area contributed by atoms with E-state index in [4.69, 9.17) is 23.2 Å². The number of hydrogen-bond acceptors (Lipinski definition) is 2. The van der Waals surface area contributed by atoms with Crippen LogP contribution in [-0.2, 0) is 0 Å². The second-order valence-electron chi connectivity index (χ2n) is 3.44. The summed E-state index contributed by atoms with van der Waals surface area (Å²) in [6.07, 6.45) is -3.62. The van der Waals surface area contributed by atoms with Crippen molar-refractivity contribution in [1.82, 2.24) is 14.8 Å². The van der Waals surface area contributed by atoms with E-state index in [9.17, 15) is 13.2 Å². The van der Waals surface area contributed by atoms with E-state index >= 15 is 0 Å². The lowest BCUT2D eigenvalue weighted by atomic mass is 10.1. The van der Waals surface area contributed by atoms with E-state index in [1.807, 2.05) is 0 Å². The van der Waals surface area contributed by atoms with Gasteiger partial charge in [-0.05, 0) is 17.7 Å². The molecule has 1 unspecified atom stereocenters. The van der Waals surface area contributed by atoms with Gasteiger partial charge in [0.25, 0.3) is 0 Å². The molecule has 18 heavy (non-hydrogen) atoms. The first kappa shape index (κ1) is 13.2. The maximum atomic E-state index is 13.1. The number of hydrogen-bond donors (Lipinski definition) is 0. The Morgan fingerprint density at radius 2 is 1.83 bits per heavy atom. The van der Waals surface area contributed by atoms with Gasteiger partial charge in [-0.2, -0.15) is 18.3 Å². The predicted molar refractivity (Wildman–Crippen MR) is 60.7 cm³/mol. The van der Waals surface area contributed by atoms with Crippen LogP contribution in [0.3, 0.4) is 0 Å². The minimum atomic E-state index is -4.58. The second kappa shape index (κ2) is 4.78. The lowest BCUT2D eigenvalue weighted by Gasteiger charge is -2.22. The molecule has 96 valence electrons. The molecular weight excluding hydrogens is 290 g/mol. The van der Waals surface area contributed by atoms with Gasteiger partial charge in [0.05, 0.1) is 0 Å². The summed E-state index contributed by atoms with van der Waals surface area (Å²) in [5.41, 5.74) is -0.126. The molecule has 0 amide bonds. The molecular formula is C10H6Cl2F3N3. The maximum Gasteiger partial charge on any atom is 0.415 e. The van der Waals surface area contributed by atoms with Crippen LogP contribution in [0, 0.1) is 0 Å². The topological polar surface area (TPSA) is 30.7 Å². The fourth-order valence-corrected chi connectivity index (χ4v) is 1.98. The highest BCUT2D eigenvalue weighted by Crippen LogP contribution is 2.39. The van der Waals surface area contributed by atoms with Crippen LogP contribution in [-0.4, -0.2) is 20.9 Å². The van der Waals surface area contributed by atoms with Crippen molar-refractivity contribution in [3.8, 4) is 0 Å². The van der Waals surface area contributed by atoms with Gasteiger partial charge < -0.3 is 0 Å². The summed E-state index contributed by atoms with van der Waals surface area (Å²) < 4.78 is 40.0. The Balaban J connectivity index is 2.59. The van der Waals surface area contributed by atoms with Crippen molar-refractivity contribution in [2.24, 2.45) is 0 Å². The molecule has 2 rings (SSSR count). The predicted octanol–water partition coefficient (Wildman–Crippen LogP) is 3.74. The van der Waals surface area contributed by atoms with Crippen molar-refractivity contribution >= 4 is 23.2 Å². The van der Waals surface area contributed by atoms with Gasteiger partial charge in [-0.3, -0.25) is 0 Å². The summed E-state index contributed by atoms with van der Waals surface area (Å²) in [4.78, 5) is 3.48. The van der Waals surface area contributed by atoms with Gasteiger partial charge in [0, 0.05) is 10.6 Å². The molecule has 0 aliphatic rings. The Kier molecular flexibility index (Phi) is 3.49. The van der Waals surface area contributed by atoms with Crippen LogP contribution in [0.15, 0.2) is 30.6 Å². The van der Waals surface area contributed by atoms with E-state index in [1.54, 1.807) is 6.07 Å². The Labute approximate surface area is 110 Å². The molecule has 0 radical (unpaired) electrons. The van der Waals surface area contributed by atoms with E-state index in [0.717, 1.165) is 6.33 Å². The average molecular weight is 296 g/mol. The molecule has 0 spiro atoms. The van der Waals surface area contributed by atoms with Crippen molar-refractivity contribution in [3.05, 3.63) is 46.5 Å². The summed E-state index contributed by atoms with van der Waals surface area (Å²) >= 11 is 11.4. The minimum Gasteiger partial charge on any atom is -0.219 e. The molecule has 0 aliphatic heterocycles. The van der Waals surface area contributed by atoms with E-state index in [1.165, 1.54) is 18.2 Å². The highest BCUT2D eigenvalue weighted by molar-refractivity contribution is 6.31. The molecule has 1 atom stereocenters. The summed E-state index contributed by atoms with van der Waals surface area (Å²) in [5.74, 6) is 0. The van der Waals surface area contributed by atoms with Crippen LogP contribution >= 0.6 is 23.2 Å². The van der Waals surface area contributed by atoms with Gasteiger partial charge in [-0.15, -0.1) is 0 Å². The van der Waals surface area contributed by atoms with Crippen LogP contribution in [0.5, 0.6) is 0 Å². The van der Waals surface area contributed by atoms with E-state index in [-0.39, 0.29) is 15.9 Å². The summed E-state index contributed by atoms with van der Waals surface area (Å²) in [5, 5.41) is 3.14. The van der Waals surface area contributed by atoms with Crippen molar-refractivity contribution in [2.75, 3.05) is 0 Å². The van der Waals surface area contributed by atoms with Crippen molar-refractivity contribution in [2.45, 2.75) is 12.2 Å². The first-order valence-corrected chi connectivity index (χ1v) is 5.53. The molecule has 2 aromatic rings. The van der Waals surface area contributed by atoms with Gasteiger partial charge >= 0.3 is 6.18 Å². The van der Waals surface area contributed by atoms with Gasteiger partial charge in [0.2, 0.25) is 5.28 Å². The monoisotopic (exact) mass is 295 g/mol. The molecule has 0 bridgehead atoms. The van der Waals surface area contributed by atoms with Crippen LogP contribution in [0.2, 0.25) is 10.3 Å². The number of halogens is 5. The SMILES string of the molecule is FC(F)(F)C(c1ccccc1Cl)n1ncnc1Cl. The Hall–Kier alpha value is -1.27. The van der Waals surface area contributed by atoms with Crippen LogP contribution < -0.4 is 0 Å². The Bertz CT molecular complexity index is 553. The Morgan fingerprint density at radius 1 is 1.17 bits per heavy atom. The van der Waals surface area contributed by atoms with E-state index < -0.39 is 12.2 Å². The van der Waals surface area contributed by atoms with Gasteiger partial charge in [0.15, 0.2) is 6.04 Å². The number of aromatic nitrogens is 3. The zero-order valence-electron chi connectivity index (χ0n) is 8.70. The standard InChI is InChI=1S/C10H6Cl2F3N3/c11-7-4-2-1-3-6(7)8(10(13,14)15)18-9(12)16-5-17-18/h1-5,8H. The molecule has 0 saturated carbocycles. The highest BCUT2D eigenvalue weighted by Gasteiger charge is 2.44. The molecule has 0 fully saturated rings. The third kappa shape index (κ3) is 2.44. The second-order valence-corrected chi connectivity index (χ2v) is 4.18. The van der Waals surface area contributed by atoms with Crippen LogP contribution in [0.25, 0.3) is 0 Å². The number of alkyl halides is 3. The fourth-order valence-electron chi connectivity index (χ4n) is 1.55. The molecule has 0 saturated heterocycles. The summed E-state index contributed by atoms with van der Waals surface area (Å²) in [6, 6.07) is 3.60. The van der Waals surface area contributed by atoms with Crippen LogP contribution in [0.4, 0.5) is 13.2 Å². The van der Waals surface area contributed by atoms with E-state index in [2.05, 4.69) is 10.1 Å². The Morgan fingerprint density at radius 3 is 2.33 bits per heavy atom. The zero-order valence-corrected chi connectivity index (χ0v) is 10.2.